The van der Waals surface area contributed by atoms with Gasteiger partial charge in [0.15, 0.2) is 0 Å². The fourth-order valence-corrected chi connectivity index (χ4v) is 3.53. The van der Waals surface area contributed by atoms with Crippen molar-refractivity contribution in [1.29, 1.82) is 0 Å². The van der Waals surface area contributed by atoms with Gasteiger partial charge in [0, 0.05) is 24.8 Å². The Kier molecular flexibility index (Phi) is 7.62. The van der Waals surface area contributed by atoms with Crippen molar-refractivity contribution in [3.63, 3.8) is 0 Å². The van der Waals surface area contributed by atoms with E-state index >= 15 is 0 Å². The molecular weight excluding hydrogens is 412 g/mol. The molecule has 6 nitrogen and oxygen atoms in total. The van der Waals surface area contributed by atoms with Crippen LogP contribution in [0.5, 0.6) is 0 Å². The summed E-state index contributed by atoms with van der Waals surface area (Å²) in [4.78, 5) is 21.1. The van der Waals surface area contributed by atoms with Crippen molar-refractivity contribution >= 4 is 17.8 Å². The van der Waals surface area contributed by atoms with Crippen LogP contribution in [0.2, 0.25) is 0 Å². The number of amides is 1. The molecule has 0 saturated carbocycles. The number of nitrogens with zero attached hydrogens (tertiary/aromatic N) is 2. The van der Waals surface area contributed by atoms with Crippen LogP contribution in [0.4, 0.5) is 14.6 Å². The van der Waals surface area contributed by atoms with Crippen LogP contribution in [0.3, 0.4) is 0 Å². The largest absolute Gasteiger partial charge is 0.369 e. The number of aromatic nitrogens is 2. The summed E-state index contributed by atoms with van der Waals surface area (Å²) in [6.07, 6.45) is 5.26. The number of benzene rings is 1. The molecule has 1 unspecified atom stereocenters. The number of pyridine rings is 2. The van der Waals surface area contributed by atoms with Gasteiger partial charge in [-0.3, -0.25) is 9.78 Å². The first-order valence-electron chi connectivity index (χ1n) is 10.2. The molecule has 0 saturated heterocycles. The van der Waals surface area contributed by atoms with E-state index < -0.39 is 17.6 Å². The Morgan fingerprint density at radius 3 is 2.69 bits per heavy atom. The van der Waals surface area contributed by atoms with Crippen molar-refractivity contribution in [1.82, 2.24) is 9.97 Å². The summed E-state index contributed by atoms with van der Waals surface area (Å²) in [5, 5.41) is 3.16. The molecule has 0 aliphatic rings. The first-order chi connectivity index (χ1) is 15.4. The lowest BCUT2D eigenvalue weighted by Gasteiger charge is -2.21. The van der Waals surface area contributed by atoms with E-state index in [-0.39, 0.29) is 23.6 Å². The zero-order valence-corrected chi connectivity index (χ0v) is 17.7. The highest BCUT2D eigenvalue weighted by Crippen LogP contribution is 2.32. The number of carbonyl (C=O) groups is 1. The summed E-state index contributed by atoms with van der Waals surface area (Å²) in [5.41, 5.74) is 13.7. The molecule has 2 aromatic heterocycles. The van der Waals surface area contributed by atoms with Gasteiger partial charge in [-0.1, -0.05) is 24.3 Å². The average molecular weight is 437 g/mol. The fraction of sp³-hybridized carbons (Fsp3) is 0.208. The number of nitrogens with one attached hydrogen (secondary N) is 1. The second kappa shape index (κ2) is 10.6. The standard InChI is InChI=1S/C24H25F2N5O/c1-2-5-20-19(26)13-18(22(23(28)32)17-8-4-10-29-21(17)14-27)24(31-20)30-11-9-15-6-3-7-16(25)12-15/h2-8,10,12-13,22H,9,11,14,27H2,1H3,(H2,28,32)(H,30,31)/b5-2+. The van der Waals surface area contributed by atoms with Gasteiger partial charge >= 0.3 is 0 Å². The van der Waals surface area contributed by atoms with E-state index in [0.717, 1.165) is 5.56 Å². The average Bonchev–Trinajstić information content (AvgIpc) is 2.77. The summed E-state index contributed by atoms with van der Waals surface area (Å²) in [5.74, 6) is -2.27. The zero-order chi connectivity index (χ0) is 23.1. The third kappa shape index (κ3) is 5.33. The lowest BCUT2D eigenvalue weighted by molar-refractivity contribution is -0.118. The molecule has 1 amide bonds. The molecule has 32 heavy (non-hydrogen) atoms. The Bertz CT molecular complexity index is 1130. The highest BCUT2D eigenvalue weighted by atomic mass is 19.1. The maximum Gasteiger partial charge on any atom is 0.229 e. The van der Waals surface area contributed by atoms with Gasteiger partial charge in [0.2, 0.25) is 5.91 Å². The number of hydrogen-bond donors (Lipinski definition) is 3. The second-order valence-electron chi connectivity index (χ2n) is 7.18. The number of rotatable bonds is 9. The van der Waals surface area contributed by atoms with Gasteiger partial charge in [-0.05, 0) is 54.8 Å². The third-order valence-electron chi connectivity index (χ3n) is 4.98. The van der Waals surface area contributed by atoms with Crippen molar-refractivity contribution in [2.24, 2.45) is 11.5 Å². The molecule has 0 radical (unpaired) electrons. The SMILES string of the molecule is C/C=C/c1nc(NCCc2cccc(F)c2)c(C(C(N)=O)c2cccnc2CN)cc1F. The van der Waals surface area contributed by atoms with Crippen LogP contribution in [-0.2, 0) is 17.8 Å². The monoisotopic (exact) mass is 437 g/mol. The number of hydrogen-bond acceptors (Lipinski definition) is 5. The van der Waals surface area contributed by atoms with E-state index in [9.17, 15) is 13.6 Å². The van der Waals surface area contributed by atoms with Gasteiger partial charge in [0.25, 0.3) is 0 Å². The van der Waals surface area contributed by atoms with E-state index in [0.29, 0.717) is 30.0 Å². The second-order valence-corrected chi connectivity index (χ2v) is 7.18. The van der Waals surface area contributed by atoms with Gasteiger partial charge in [0.1, 0.15) is 23.1 Å². The summed E-state index contributed by atoms with van der Waals surface area (Å²) >= 11 is 0. The molecular formula is C24H25F2N5O. The quantitative estimate of drug-likeness (QED) is 0.475. The highest BCUT2D eigenvalue weighted by molar-refractivity contribution is 5.87. The predicted molar refractivity (Wildman–Crippen MR) is 121 cm³/mol. The lowest BCUT2D eigenvalue weighted by atomic mass is 9.89. The van der Waals surface area contributed by atoms with E-state index in [1.165, 1.54) is 24.3 Å². The summed E-state index contributed by atoms with van der Waals surface area (Å²) < 4.78 is 28.3. The summed E-state index contributed by atoms with van der Waals surface area (Å²) in [6.45, 7) is 2.23. The first-order valence-corrected chi connectivity index (χ1v) is 10.2. The molecule has 1 atom stereocenters. The fourth-order valence-electron chi connectivity index (χ4n) is 3.53. The minimum Gasteiger partial charge on any atom is -0.369 e. The van der Waals surface area contributed by atoms with Crippen LogP contribution < -0.4 is 16.8 Å². The maximum absolute atomic E-state index is 14.8. The van der Waals surface area contributed by atoms with Crippen LogP contribution in [0, 0.1) is 11.6 Å². The van der Waals surface area contributed by atoms with Gasteiger partial charge in [-0.25, -0.2) is 13.8 Å². The van der Waals surface area contributed by atoms with Gasteiger partial charge in [-0.2, -0.15) is 0 Å². The van der Waals surface area contributed by atoms with E-state index in [1.54, 1.807) is 37.4 Å². The number of carbonyl (C=O) groups excluding carboxylic acids is 1. The molecule has 0 aliphatic carbocycles. The Labute approximate surface area is 185 Å². The first kappa shape index (κ1) is 23.0. The molecule has 0 aliphatic heterocycles. The molecule has 1 aromatic carbocycles. The van der Waals surface area contributed by atoms with Gasteiger partial charge in [0.05, 0.1) is 11.6 Å². The Hall–Kier alpha value is -3.65. The molecule has 3 rings (SSSR count). The molecule has 0 bridgehead atoms. The topological polar surface area (TPSA) is 107 Å². The number of nitrogens with two attached hydrogens (primary N) is 2. The van der Waals surface area contributed by atoms with Gasteiger partial charge in [-0.15, -0.1) is 0 Å². The van der Waals surface area contributed by atoms with E-state index in [2.05, 4.69) is 15.3 Å². The Balaban J connectivity index is 2.02. The lowest BCUT2D eigenvalue weighted by Crippen LogP contribution is -2.26. The van der Waals surface area contributed by atoms with Crippen molar-refractivity contribution < 1.29 is 13.6 Å². The number of primary amides is 1. The minimum atomic E-state index is -0.999. The molecule has 8 heteroatoms. The Morgan fingerprint density at radius 1 is 1.19 bits per heavy atom. The molecule has 3 aromatic rings. The highest BCUT2D eigenvalue weighted by Gasteiger charge is 2.28. The zero-order valence-electron chi connectivity index (χ0n) is 17.7. The van der Waals surface area contributed by atoms with Crippen LogP contribution in [-0.4, -0.2) is 22.4 Å². The van der Waals surface area contributed by atoms with Crippen molar-refractivity contribution in [2.75, 3.05) is 11.9 Å². The van der Waals surface area contributed by atoms with E-state index in [4.69, 9.17) is 11.5 Å². The smallest absolute Gasteiger partial charge is 0.229 e. The van der Waals surface area contributed by atoms with Crippen LogP contribution in [0.25, 0.3) is 6.08 Å². The maximum atomic E-state index is 14.8. The normalized spacial score (nSPS) is 12.1. The Morgan fingerprint density at radius 2 is 2.00 bits per heavy atom. The third-order valence-corrected chi connectivity index (χ3v) is 4.98. The summed E-state index contributed by atoms with van der Waals surface area (Å²) in [7, 11) is 0. The molecule has 0 spiro atoms. The molecule has 166 valence electrons. The minimum absolute atomic E-state index is 0.0921. The van der Waals surface area contributed by atoms with Crippen LogP contribution in [0.15, 0.2) is 54.7 Å². The molecule has 0 fully saturated rings. The van der Waals surface area contributed by atoms with Crippen LogP contribution in [0.1, 0.15) is 40.9 Å². The van der Waals surface area contributed by atoms with Crippen LogP contribution >= 0.6 is 0 Å². The number of anilines is 1. The van der Waals surface area contributed by atoms with Crippen molar-refractivity contribution in [3.05, 3.63) is 94.5 Å². The molecule has 5 N–H and O–H groups in total. The number of halogens is 2. The van der Waals surface area contributed by atoms with Crippen molar-refractivity contribution in [2.45, 2.75) is 25.8 Å². The predicted octanol–water partition coefficient (Wildman–Crippen LogP) is 3.52. The number of allylic oxidation sites excluding steroid dienone is 1. The van der Waals surface area contributed by atoms with Crippen molar-refractivity contribution in [3.8, 4) is 0 Å². The summed E-state index contributed by atoms with van der Waals surface area (Å²) in [6, 6.07) is 10.9. The van der Waals surface area contributed by atoms with E-state index in [1.807, 2.05) is 6.07 Å². The van der Waals surface area contributed by atoms with Gasteiger partial charge < -0.3 is 16.8 Å². The molecule has 2 heterocycles.